The van der Waals surface area contributed by atoms with Crippen LogP contribution in [0.4, 0.5) is 0 Å². The molecule has 0 N–H and O–H groups in total. The van der Waals surface area contributed by atoms with Crippen LogP contribution in [0.1, 0.15) is 2.85 Å². The maximum absolute atomic E-state index is 9.42. The SMILES string of the molecule is O=[N+]([O-])C=C([S-])S.[H-].[H-].[K+].[K+]. The Morgan fingerprint density at radius 1 is 1.78 bits per heavy atom. The van der Waals surface area contributed by atoms with Crippen LogP contribution >= 0.6 is 12.6 Å². The molecule has 0 bridgehead atoms. The van der Waals surface area contributed by atoms with Gasteiger partial charge in [0.15, 0.2) is 0 Å². The summed E-state index contributed by atoms with van der Waals surface area (Å²) in [7, 11) is 0. The molecule has 9 heavy (non-hydrogen) atoms. The van der Waals surface area contributed by atoms with Crippen LogP contribution in [0.3, 0.4) is 0 Å². The summed E-state index contributed by atoms with van der Waals surface area (Å²) >= 11 is 7.71. The van der Waals surface area contributed by atoms with E-state index in [1.807, 2.05) is 0 Å². The summed E-state index contributed by atoms with van der Waals surface area (Å²) in [6.07, 6.45) is 0.651. The van der Waals surface area contributed by atoms with Crippen LogP contribution in [0.2, 0.25) is 0 Å². The minimum atomic E-state index is -0.644. The van der Waals surface area contributed by atoms with Crippen molar-refractivity contribution in [1.82, 2.24) is 0 Å². The Morgan fingerprint density at radius 2 is 2.11 bits per heavy atom. The van der Waals surface area contributed by atoms with E-state index in [1.54, 1.807) is 0 Å². The van der Waals surface area contributed by atoms with E-state index in [0.717, 1.165) is 0 Å². The van der Waals surface area contributed by atoms with Gasteiger partial charge in [0.1, 0.15) is 0 Å². The summed E-state index contributed by atoms with van der Waals surface area (Å²) in [6, 6.07) is 0. The fourth-order valence-corrected chi connectivity index (χ4v) is 0.271. The van der Waals surface area contributed by atoms with E-state index in [-0.39, 0.29) is 110 Å². The molecule has 0 saturated heterocycles. The van der Waals surface area contributed by atoms with E-state index in [2.05, 4.69) is 25.3 Å². The smallest absolute Gasteiger partial charge is 1.00 e. The molecular weight excluding hydrogens is 212 g/mol. The third kappa shape index (κ3) is 18.2. The molecule has 0 rings (SSSR count). The van der Waals surface area contributed by atoms with Gasteiger partial charge in [-0.15, -0.1) is 0 Å². The third-order valence-corrected chi connectivity index (χ3v) is 0.437. The molecule has 0 atom stereocenters. The molecule has 0 aliphatic heterocycles. The van der Waals surface area contributed by atoms with Gasteiger partial charge < -0.3 is 15.5 Å². The van der Waals surface area contributed by atoms with Gasteiger partial charge in [-0.1, -0.05) is 4.24 Å². The first kappa shape index (κ1) is 17.9. The Labute approximate surface area is 152 Å². The monoisotopic (exact) mass is 216 g/mol. The molecule has 44 valence electrons. The normalized spacial score (nSPS) is 8.78. The van der Waals surface area contributed by atoms with Crippen LogP contribution in [-0.2, 0) is 12.6 Å². The molecule has 0 amide bonds. The van der Waals surface area contributed by atoms with Crippen molar-refractivity contribution in [2.75, 3.05) is 0 Å². The molecule has 0 aromatic heterocycles. The number of thiol groups is 1. The second-order valence-corrected chi connectivity index (χ2v) is 1.98. The van der Waals surface area contributed by atoms with Crippen LogP contribution in [0.15, 0.2) is 10.4 Å². The van der Waals surface area contributed by atoms with Crippen molar-refractivity contribution in [2.45, 2.75) is 0 Å². The minimum absolute atomic E-state index is 0. The topological polar surface area (TPSA) is 43.1 Å². The van der Waals surface area contributed by atoms with Crippen LogP contribution in [0.25, 0.3) is 0 Å². The van der Waals surface area contributed by atoms with Crippen LogP contribution < -0.4 is 103 Å². The number of rotatable bonds is 1. The fraction of sp³-hybridized carbons (Fsp3) is 0. The van der Waals surface area contributed by atoms with Crippen LogP contribution in [0, 0.1) is 10.1 Å². The molecule has 0 radical (unpaired) electrons. The van der Waals surface area contributed by atoms with E-state index < -0.39 is 4.92 Å². The maximum Gasteiger partial charge on any atom is 1.00 e. The van der Waals surface area contributed by atoms with Gasteiger partial charge >= 0.3 is 103 Å². The van der Waals surface area contributed by atoms with Gasteiger partial charge in [-0.25, -0.2) is 0 Å². The molecule has 7 heteroatoms. The fourth-order valence-electron chi connectivity index (χ4n) is 0.0902. The Bertz CT molecular complexity index is 121. The summed E-state index contributed by atoms with van der Waals surface area (Å²) < 4.78 is -0.00926. The molecule has 0 heterocycles. The van der Waals surface area contributed by atoms with Crippen molar-refractivity contribution < 1.29 is 111 Å². The molecule has 0 aliphatic rings. The average Bonchev–Trinajstić information content (AvgIpc) is 1.27. The van der Waals surface area contributed by atoms with Crippen molar-refractivity contribution in [3.05, 3.63) is 20.6 Å². The first-order valence-electron chi connectivity index (χ1n) is 1.34. The van der Waals surface area contributed by atoms with E-state index in [1.165, 1.54) is 0 Å². The predicted molar refractivity (Wildman–Crippen MR) is 33.7 cm³/mol. The maximum atomic E-state index is 9.42. The van der Waals surface area contributed by atoms with Gasteiger partial charge in [0.2, 0.25) is 6.20 Å². The zero-order chi connectivity index (χ0) is 5.86. The first-order chi connectivity index (χ1) is 3.13. The second kappa shape index (κ2) is 11.0. The quantitative estimate of drug-likeness (QED) is 0.157. The molecule has 0 aromatic carbocycles. The molecule has 0 fully saturated rings. The first-order valence-corrected chi connectivity index (χ1v) is 2.20. The molecule has 0 unspecified atom stereocenters. The number of nitrogens with zero attached hydrogens (tertiary/aromatic N) is 1. The summed E-state index contributed by atoms with van der Waals surface area (Å²) in [4.78, 5) is 8.78. The minimum Gasteiger partial charge on any atom is -1.00 e. The number of nitro groups is 1. The zero-order valence-electron chi connectivity index (χ0n) is 7.20. The van der Waals surface area contributed by atoms with E-state index in [4.69, 9.17) is 0 Å². The number of hydrogen-bond acceptors (Lipinski definition) is 4. The summed E-state index contributed by atoms with van der Waals surface area (Å²) in [6.45, 7) is 0. The van der Waals surface area contributed by atoms with E-state index in [9.17, 15) is 10.1 Å². The molecule has 3 nitrogen and oxygen atoms in total. The Kier molecular flexibility index (Phi) is 21.9. The van der Waals surface area contributed by atoms with E-state index >= 15 is 0 Å². The van der Waals surface area contributed by atoms with Crippen molar-refractivity contribution in [1.29, 1.82) is 0 Å². The van der Waals surface area contributed by atoms with E-state index in [0.29, 0.717) is 6.20 Å². The Balaban J connectivity index is -0.0000000300. The Hall–Kier alpha value is 2.98. The predicted octanol–water partition coefficient (Wildman–Crippen LogP) is -5.23. The van der Waals surface area contributed by atoms with Crippen molar-refractivity contribution in [3.8, 4) is 0 Å². The van der Waals surface area contributed by atoms with Gasteiger partial charge in [0.05, 0.1) is 4.92 Å². The molecule has 0 spiro atoms. The van der Waals surface area contributed by atoms with Crippen molar-refractivity contribution >= 4 is 25.3 Å². The van der Waals surface area contributed by atoms with Crippen molar-refractivity contribution in [2.24, 2.45) is 0 Å². The summed E-state index contributed by atoms with van der Waals surface area (Å²) in [5.41, 5.74) is 0. The standard InChI is InChI=1S/C2H3NO2S2.2K.2H/c4-3(5)1-2(6)7;;;;/h1,6-7H;;;;/q;2*+1;2*-1/p-1. The summed E-state index contributed by atoms with van der Waals surface area (Å²) in [5, 5.41) is 9.42. The molecule has 0 aliphatic carbocycles. The summed E-state index contributed by atoms with van der Waals surface area (Å²) in [5.74, 6) is 0. The molecule has 0 aromatic rings. The molecule has 0 saturated carbocycles. The Morgan fingerprint density at radius 3 is 2.11 bits per heavy atom. The van der Waals surface area contributed by atoms with Gasteiger partial charge in [-0.2, -0.15) is 12.6 Å². The van der Waals surface area contributed by atoms with Crippen LogP contribution in [-0.4, -0.2) is 4.92 Å². The largest absolute Gasteiger partial charge is 1.00 e. The van der Waals surface area contributed by atoms with Gasteiger partial charge in [-0.3, -0.25) is 10.1 Å². The van der Waals surface area contributed by atoms with Crippen molar-refractivity contribution in [3.63, 3.8) is 0 Å². The molecular formula is C2H4K2NO2S2-. The second-order valence-electron chi connectivity index (χ2n) is 0.753. The zero-order valence-corrected chi connectivity index (χ0v) is 13.2. The van der Waals surface area contributed by atoms with Gasteiger partial charge in [0, 0.05) is 0 Å². The number of hydrogen-bond donors (Lipinski definition) is 1. The average molecular weight is 216 g/mol. The van der Waals surface area contributed by atoms with Gasteiger partial charge in [-0.05, 0) is 0 Å². The third-order valence-electron chi connectivity index (χ3n) is 0.216. The van der Waals surface area contributed by atoms with Crippen LogP contribution in [0.5, 0.6) is 0 Å². The van der Waals surface area contributed by atoms with Gasteiger partial charge in [0.25, 0.3) is 0 Å².